The molecule has 4 aromatic rings. The fourth-order valence-electron chi connectivity index (χ4n) is 4.10. The molecule has 3 aromatic heterocycles. The van der Waals surface area contributed by atoms with Crippen molar-refractivity contribution in [2.24, 2.45) is 7.05 Å². The Balaban J connectivity index is 1.82. The van der Waals surface area contributed by atoms with Gasteiger partial charge < -0.3 is 14.0 Å². The molecule has 4 rings (SSSR count). The van der Waals surface area contributed by atoms with Gasteiger partial charge in [-0.25, -0.2) is 9.36 Å². The molecule has 0 N–H and O–H groups in total. The highest BCUT2D eigenvalue weighted by atomic mass is 16.5. The second-order valence-corrected chi connectivity index (χ2v) is 8.12. The molecule has 3 heterocycles. The maximum Gasteiger partial charge on any atom is 0.333 e. The predicted molar refractivity (Wildman–Crippen MR) is 124 cm³/mol. The molecule has 10 nitrogen and oxygen atoms in total. The average Bonchev–Trinajstić information content (AvgIpc) is 3.30. The first-order chi connectivity index (χ1) is 15.7. The monoisotopic (exact) mass is 453 g/mol. The predicted octanol–water partition coefficient (Wildman–Crippen LogP) is 1.87. The van der Waals surface area contributed by atoms with Gasteiger partial charge in [-0.3, -0.25) is 18.6 Å². The minimum Gasteiger partial charge on any atom is -0.493 e. The fourth-order valence-corrected chi connectivity index (χ4v) is 4.10. The first-order valence-corrected chi connectivity index (χ1v) is 10.6. The van der Waals surface area contributed by atoms with Crippen LogP contribution in [-0.2, 0) is 24.8 Å². The molecular formula is C23H27N5O5. The number of nitrogens with zero attached hydrogens (tertiary/aromatic N) is 5. The molecule has 0 radical (unpaired) electrons. The van der Waals surface area contributed by atoms with E-state index in [1.165, 1.54) is 11.5 Å². The third-order valence-electron chi connectivity index (χ3n) is 6.14. The van der Waals surface area contributed by atoms with Crippen molar-refractivity contribution in [3.8, 4) is 11.5 Å². The van der Waals surface area contributed by atoms with Gasteiger partial charge in [0.1, 0.15) is 0 Å². The molecule has 10 heteroatoms. The number of methoxy groups -OCH3 is 2. The SMILES string of the molecule is COc1ccc(CCn2c(C)cn3c4c(=O)n([C@@H](C)C(C)=O)c(=O)n(C)c4nc23)cc1OC. The van der Waals surface area contributed by atoms with E-state index in [1.54, 1.807) is 32.6 Å². The number of ketones is 1. The number of hydrogen-bond donors (Lipinski definition) is 0. The van der Waals surface area contributed by atoms with Crippen LogP contribution in [0.5, 0.6) is 11.5 Å². The Hall–Kier alpha value is -3.82. The lowest BCUT2D eigenvalue weighted by Crippen LogP contribution is -2.42. The molecule has 0 saturated carbocycles. The summed E-state index contributed by atoms with van der Waals surface area (Å²) in [7, 11) is 4.75. The number of carbonyl (C=O) groups is 1. The van der Waals surface area contributed by atoms with Gasteiger partial charge in [0.25, 0.3) is 5.56 Å². The molecule has 1 atom stereocenters. The number of ether oxygens (including phenoxy) is 2. The molecule has 174 valence electrons. The first-order valence-electron chi connectivity index (χ1n) is 10.6. The van der Waals surface area contributed by atoms with Crippen LogP contribution in [0, 0.1) is 6.92 Å². The molecule has 0 aliphatic rings. The van der Waals surface area contributed by atoms with Gasteiger partial charge >= 0.3 is 5.69 Å². The Morgan fingerprint density at radius 2 is 1.85 bits per heavy atom. The summed E-state index contributed by atoms with van der Waals surface area (Å²) >= 11 is 0. The van der Waals surface area contributed by atoms with Gasteiger partial charge in [-0.15, -0.1) is 0 Å². The van der Waals surface area contributed by atoms with Gasteiger partial charge in [-0.05, 0) is 44.9 Å². The summed E-state index contributed by atoms with van der Waals surface area (Å²) in [6.45, 7) is 5.46. The van der Waals surface area contributed by atoms with E-state index in [-0.39, 0.29) is 16.9 Å². The largest absolute Gasteiger partial charge is 0.493 e. The molecule has 33 heavy (non-hydrogen) atoms. The Morgan fingerprint density at radius 1 is 1.15 bits per heavy atom. The normalized spacial score (nSPS) is 12.4. The number of hydrogen-bond acceptors (Lipinski definition) is 6. The van der Waals surface area contributed by atoms with Crippen LogP contribution in [0.25, 0.3) is 16.9 Å². The molecule has 0 bridgehead atoms. The van der Waals surface area contributed by atoms with E-state index < -0.39 is 17.3 Å². The molecule has 0 unspecified atom stereocenters. The summed E-state index contributed by atoms with van der Waals surface area (Å²) in [5, 5.41) is 0. The van der Waals surface area contributed by atoms with Gasteiger partial charge in [0, 0.05) is 25.5 Å². The van der Waals surface area contributed by atoms with Crippen molar-refractivity contribution in [1.82, 2.24) is 23.1 Å². The number of aromatic nitrogens is 5. The quantitative estimate of drug-likeness (QED) is 0.423. The first kappa shape index (κ1) is 22.4. The van der Waals surface area contributed by atoms with Crippen LogP contribution in [0.3, 0.4) is 0 Å². The third-order valence-corrected chi connectivity index (χ3v) is 6.14. The summed E-state index contributed by atoms with van der Waals surface area (Å²) in [5.41, 5.74) is 1.43. The van der Waals surface area contributed by atoms with E-state index in [2.05, 4.69) is 4.98 Å². The van der Waals surface area contributed by atoms with Crippen molar-refractivity contribution in [1.29, 1.82) is 0 Å². The zero-order valence-electron chi connectivity index (χ0n) is 19.6. The van der Waals surface area contributed by atoms with Crippen molar-refractivity contribution in [3.05, 3.63) is 56.5 Å². The highest BCUT2D eigenvalue weighted by Gasteiger charge is 2.23. The molecule has 0 aliphatic carbocycles. The second kappa shape index (κ2) is 8.27. The Morgan fingerprint density at radius 3 is 2.48 bits per heavy atom. The van der Waals surface area contributed by atoms with Crippen molar-refractivity contribution >= 4 is 22.7 Å². The lowest BCUT2D eigenvalue weighted by atomic mass is 10.1. The summed E-state index contributed by atoms with van der Waals surface area (Å²) in [4.78, 5) is 42.6. The van der Waals surface area contributed by atoms with Crippen LogP contribution < -0.4 is 20.7 Å². The second-order valence-electron chi connectivity index (χ2n) is 8.12. The zero-order chi connectivity index (χ0) is 24.0. The number of carbonyl (C=O) groups excluding carboxylic acids is 1. The molecule has 1 aromatic carbocycles. The Kier molecular flexibility index (Phi) is 5.61. The molecule has 0 aliphatic heterocycles. The van der Waals surface area contributed by atoms with Crippen LogP contribution in [0.15, 0.2) is 34.0 Å². The van der Waals surface area contributed by atoms with Gasteiger partial charge in [0.2, 0.25) is 5.78 Å². The van der Waals surface area contributed by atoms with Crippen molar-refractivity contribution in [2.75, 3.05) is 14.2 Å². The Bertz CT molecular complexity index is 1500. The van der Waals surface area contributed by atoms with Gasteiger partial charge in [0.05, 0.1) is 20.3 Å². The van der Waals surface area contributed by atoms with E-state index >= 15 is 0 Å². The van der Waals surface area contributed by atoms with Crippen molar-refractivity contribution < 1.29 is 14.3 Å². The smallest absolute Gasteiger partial charge is 0.333 e. The molecule has 0 spiro atoms. The molecule has 0 fully saturated rings. The highest BCUT2D eigenvalue weighted by molar-refractivity contribution is 5.80. The van der Waals surface area contributed by atoms with Gasteiger partial charge in [-0.1, -0.05) is 6.07 Å². The van der Waals surface area contributed by atoms with E-state index in [1.807, 2.05) is 35.9 Å². The molecule has 0 saturated heterocycles. The summed E-state index contributed by atoms with van der Waals surface area (Å²) in [5.74, 6) is 1.62. The maximum absolute atomic E-state index is 13.3. The van der Waals surface area contributed by atoms with Crippen LogP contribution in [0.1, 0.15) is 31.1 Å². The van der Waals surface area contributed by atoms with Crippen molar-refractivity contribution in [2.45, 2.75) is 39.8 Å². The van der Waals surface area contributed by atoms with E-state index in [0.29, 0.717) is 30.2 Å². The minimum atomic E-state index is -0.862. The summed E-state index contributed by atoms with van der Waals surface area (Å²) < 4.78 is 16.7. The van der Waals surface area contributed by atoms with Gasteiger partial charge in [-0.2, -0.15) is 4.98 Å². The van der Waals surface area contributed by atoms with Crippen LogP contribution >= 0.6 is 0 Å². The number of imidazole rings is 2. The topological polar surface area (TPSA) is 102 Å². The lowest BCUT2D eigenvalue weighted by Gasteiger charge is -2.12. The van der Waals surface area contributed by atoms with Crippen LogP contribution in [0.2, 0.25) is 0 Å². The molecular weight excluding hydrogens is 426 g/mol. The minimum absolute atomic E-state index is 0.266. The Labute approximate surface area is 189 Å². The summed E-state index contributed by atoms with van der Waals surface area (Å²) in [6, 6.07) is 4.91. The zero-order valence-corrected chi connectivity index (χ0v) is 19.6. The number of rotatable bonds is 7. The number of fused-ring (bicyclic) bond motifs is 3. The van der Waals surface area contributed by atoms with Gasteiger partial charge in [0.15, 0.2) is 28.4 Å². The number of benzene rings is 1. The van der Waals surface area contributed by atoms with Crippen molar-refractivity contribution in [3.63, 3.8) is 0 Å². The van der Waals surface area contributed by atoms with Crippen LogP contribution in [-0.4, -0.2) is 43.1 Å². The lowest BCUT2D eigenvalue weighted by molar-refractivity contribution is -0.119. The number of Topliss-reactive ketones (excluding diaryl/α,β-unsaturated/α-hetero) is 1. The maximum atomic E-state index is 13.3. The molecule has 0 amide bonds. The fraction of sp³-hybridized carbons (Fsp3) is 0.391. The standard InChI is InChI=1S/C23H27N5O5/c1-13-12-27-19-20(25(4)23(31)28(21(19)30)14(2)15(3)29)24-22(27)26(13)10-9-16-7-8-17(32-5)18(11-16)33-6/h7-8,11-12,14H,9-10H2,1-6H3/t14-/m0/s1. The van der Waals surface area contributed by atoms with E-state index in [0.717, 1.165) is 15.8 Å². The van der Waals surface area contributed by atoms with E-state index in [9.17, 15) is 14.4 Å². The van der Waals surface area contributed by atoms with E-state index in [4.69, 9.17) is 9.47 Å². The highest BCUT2D eigenvalue weighted by Crippen LogP contribution is 2.28. The third kappa shape index (κ3) is 3.51. The summed E-state index contributed by atoms with van der Waals surface area (Å²) in [6.07, 6.45) is 2.52. The van der Waals surface area contributed by atoms with Crippen LogP contribution in [0.4, 0.5) is 0 Å². The number of aryl methyl sites for hydroxylation is 4. The average molecular weight is 453 g/mol.